The average Bonchev–Trinajstić information content (AvgIpc) is 3.05. The van der Waals surface area contributed by atoms with Crippen molar-refractivity contribution in [1.29, 1.82) is 0 Å². The summed E-state index contributed by atoms with van der Waals surface area (Å²) in [6.45, 7) is -0.321. The molecule has 0 amide bonds. The van der Waals surface area contributed by atoms with E-state index < -0.39 is 43.9 Å². The van der Waals surface area contributed by atoms with Gasteiger partial charge in [0.25, 0.3) is 11.5 Å². The summed E-state index contributed by atoms with van der Waals surface area (Å²) in [5, 5.41) is 13.1. The molecule has 2 saturated heterocycles. The Morgan fingerprint density at radius 1 is 1.44 bits per heavy atom. The molecule has 2 aromatic rings. The summed E-state index contributed by atoms with van der Waals surface area (Å²) in [6.07, 6.45) is -4.91. The van der Waals surface area contributed by atoms with E-state index in [0.717, 1.165) is 4.57 Å². The summed E-state index contributed by atoms with van der Waals surface area (Å²) < 4.78 is 27.5. The van der Waals surface area contributed by atoms with Crippen LogP contribution in [-0.4, -0.2) is 54.4 Å². The molecule has 4 rings (SSSR count). The van der Waals surface area contributed by atoms with Gasteiger partial charge < -0.3 is 20.5 Å². The molecule has 0 radical (unpaired) electrons. The van der Waals surface area contributed by atoms with Gasteiger partial charge in [-0.2, -0.15) is 4.98 Å². The third-order valence-electron chi connectivity index (χ3n) is 3.85. The molecule has 2 fully saturated rings. The highest BCUT2D eigenvalue weighted by Gasteiger charge is 2.53. The predicted octanol–water partition coefficient (Wildman–Crippen LogP) is -1.13. The van der Waals surface area contributed by atoms with E-state index in [4.69, 9.17) is 15.0 Å². The number of hydrogen-bond donors (Lipinski definition) is 4. The van der Waals surface area contributed by atoms with Gasteiger partial charge in [0, 0.05) is 5.18 Å². The highest BCUT2D eigenvalue weighted by molar-refractivity contribution is 7.47. The quantitative estimate of drug-likeness (QED) is 0.365. The van der Waals surface area contributed by atoms with Crippen LogP contribution < -0.4 is 11.3 Å². The Hall–Kier alpha value is -2.22. The number of nitrogens with one attached hydrogen (secondary N) is 1. The Kier molecular flexibility index (Phi) is 3.50. The number of rotatable bonds is 2. The number of fused-ring (bicyclic) bond motifs is 2. The van der Waals surface area contributed by atoms with Gasteiger partial charge >= 0.3 is 7.82 Å². The third-order valence-corrected chi connectivity index (χ3v) is 4.84. The zero-order valence-electron chi connectivity index (χ0n) is 12.2. The summed E-state index contributed by atoms with van der Waals surface area (Å²) in [6, 6.07) is 0. The van der Waals surface area contributed by atoms with Crippen LogP contribution in [0.5, 0.6) is 0 Å². The van der Waals surface area contributed by atoms with Crippen molar-refractivity contribution in [3.05, 3.63) is 15.3 Å². The van der Waals surface area contributed by atoms with Crippen LogP contribution in [0.2, 0.25) is 0 Å². The number of imidazole rings is 1. The van der Waals surface area contributed by atoms with Gasteiger partial charge in [0.1, 0.15) is 18.3 Å². The molecule has 2 aromatic heterocycles. The van der Waals surface area contributed by atoms with Crippen molar-refractivity contribution in [2.24, 2.45) is 5.18 Å². The van der Waals surface area contributed by atoms with Gasteiger partial charge in [-0.1, -0.05) is 0 Å². The van der Waals surface area contributed by atoms with Crippen molar-refractivity contribution >= 4 is 30.9 Å². The van der Waals surface area contributed by atoms with Crippen LogP contribution in [0.1, 0.15) is 6.23 Å². The smallest absolute Gasteiger partial charge is 0.386 e. The number of nitrogens with two attached hydrogens (primary N) is 1. The van der Waals surface area contributed by atoms with Crippen molar-refractivity contribution in [2.75, 3.05) is 12.3 Å². The number of nitrogen functional groups attached to an aromatic ring is 1. The van der Waals surface area contributed by atoms with Crippen LogP contribution >= 0.6 is 7.82 Å². The Morgan fingerprint density at radius 3 is 2.92 bits per heavy atom. The minimum Gasteiger partial charge on any atom is -0.386 e. The number of phosphoric acid groups is 1. The molecule has 14 nitrogen and oxygen atoms in total. The molecular formula is C10H11N6O8P. The number of nitroso groups, excluding NO2 is 1. The van der Waals surface area contributed by atoms with Crippen molar-refractivity contribution in [1.82, 2.24) is 19.5 Å². The number of aromatic nitrogens is 4. The fourth-order valence-electron chi connectivity index (χ4n) is 2.84. The molecule has 5 atom stereocenters. The first kappa shape index (κ1) is 16.3. The van der Waals surface area contributed by atoms with Crippen LogP contribution in [0.25, 0.3) is 11.2 Å². The maximum absolute atomic E-state index is 11.9. The molecule has 0 bridgehead atoms. The second kappa shape index (κ2) is 5.39. The number of H-pyrrole nitrogens is 1. The zero-order chi connectivity index (χ0) is 17.9. The molecule has 3 unspecified atom stereocenters. The minimum absolute atomic E-state index is 0.147. The molecule has 2 aliphatic rings. The van der Waals surface area contributed by atoms with Crippen LogP contribution in [0.4, 0.5) is 11.9 Å². The van der Waals surface area contributed by atoms with Gasteiger partial charge in [-0.3, -0.25) is 23.4 Å². The molecule has 5 N–H and O–H groups in total. The lowest BCUT2D eigenvalue weighted by Crippen LogP contribution is -2.39. The normalized spacial score (nSPS) is 35.0. The maximum Gasteiger partial charge on any atom is 0.472 e. The number of phosphoric ester groups is 1. The van der Waals surface area contributed by atoms with Crippen LogP contribution in [-0.2, 0) is 18.3 Å². The van der Waals surface area contributed by atoms with Crippen molar-refractivity contribution in [2.45, 2.75) is 24.5 Å². The van der Waals surface area contributed by atoms with Gasteiger partial charge in [-0.05, 0) is 0 Å². The van der Waals surface area contributed by atoms with Gasteiger partial charge in [-0.15, -0.1) is 4.91 Å². The SMILES string of the molecule is Nc1nc2c(nc(N=O)n2[C@@H]2O[C@@H]3COP(=O)(O)OC3C2O)c(=O)[nH]1. The van der Waals surface area contributed by atoms with E-state index >= 15 is 0 Å². The zero-order valence-corrected chi connectivity index (χ0v) is 13.1. The summed E-state index contributed by atoms with van der Waals surface area (Å²) in [7, 11) is -4.32. The first-order valence-electron chi connectivity index (χ1n) is 6.91. The van der Waals surface area contributed by atoms with E-state index in [9.17, 15) is 24.3 Å². The van der Waals surface area contributed by atoms with E-state index in [1.54, 1.807) is 0 Å². The number of anilines is 1. The van der Waals surface area contributed by atoms with Crippen LogP contribution in [0.15, 0.2) is 9.97 Å². The lowest BCUT2D eigenvalue weighted by molar-refractivity contribution is -0.0660. The summed E-state index contributed by atoms with van der Waals surface area (Å²) in [4.78, 5) is 42.2. The highest BCUT2D eigenvalue weighted by atomic mass is 31.2. The van der Waals surface area contributed by atoms with Crippen molar-refractivity contribution < 1.29 is 28.3 Å². The summed E-state index contributed by atoms with van der Waals surface area (Å²) in [5.41, 5.74) is 4.40. The fourth-order valence-corrected chi connectivity index (χ4v) is 3.80. The first-order valence-corrected chi connectivity index (χ1v) is 8.40. The second-order valence-corrected chi connectivity index (χ2v) is 6.79. The number of hydrogen-bond acceptors (Lipinski definition) is 11. The van der Waals surface area contributed by atoms with Crippen LogP contribution in [0, 0.1) is 4.91 Å². The number of aromatic amines is 1. The molecule has 0 saturated carbocycles. The van der Waals surface area contributed by atoms with E-state index in [1.807, 2.05) is 0 Å². The first-order chi connectivity index (χ1) is 11.8. The van der Waals surface area contributed by atoms with Crippen molar-refractivity contribution in [3.63, 3.8) is 0 Å². The fraction of sp³-hybridized carbons (Fsp3) is 0.500. The standard InChI is InChI=1S/C10H11N6O8P/c11-9-13-6-3(7(18)14-9)12-10(15-19)16(6)8-4(17)5-2(23-8)1-22-25(20,21)24-5/h2,4-5,8,17H,1H2,(H,20,21)(H3,11,13,14,18)/t2-,4?,5?,8-/m1/s1. The third kappa shape index (κ3) is 2.47. The molecule has 2 aliphatic heterocycles. The average molecular weight is 374 g/mol. The monoisotopic (exact) mass is 374 g/mol. The van der Waals surface area contributed by atoms with Gasteiger partial charge in [0.2, 0.25) is 5.95 Å². The molecule has 25 heavy (non-hydrogen) atoms. The van der Waals surface area contributed by atoms with E-state index in [1.165, 1.54) is 0 Å². The molecule has 4 heterocycles. The Labute approximate surface area is 137 Å². The Bertz CT molecular complexity index is 972. The largest absolute Gasteiger partial charge is 0.472 e. The number of nitrogens with zero attached hydrogens (tertiary/aromatic N) is 4. The lowest BCUT2D eigenvalue weighted by Gasteiger charge is -2.27. The summed E-state index contributed by atoms with van der Waals surface area (Å²) in [5.74, 6) is -0.741. The Balaban J connectivity index is 1.84. The topological polar surface area (TPSA) is 204 Å². The second-order valence-electron chi connectivity index (χ2n) is 5.39. The highest BCUT2D eigenvalue weighted by Crippen LogP contribution is 2.52. The minimum atomic E-state index is -4.32. The molecule has 0 aliphatic carbocycles. The molecule has 134 valence electrons. The number of aliphatic hydroxyl groups is 1. The molecule has 0 spiro atoms. The predicted molar refractivity (Wildman–Crippen MR) is 78.6 cm³/mol. The number of aliphatic hydroxyl groups excluding tert-OH is 1. The molecule has 0 aromatic carbocycles. The molecular weight excluding hydrogens is 363 g/mol. The number of ether oxygens (including phenoxy) is 1. The van der Waals surface area contributed by atoms with Gasteiger partial charge in [-0.25, -0.2) is 9.55 Å². The summed E-state index contributed by atoms with van der Waals surface area (Å²) >= 11 is 0. The van der Waals surface area contributed by atoms with Gasteiger partial charge in [0.05, 0.1) is 6.61 Å². The maximum atomic E-state index is 11.9. The van der Waals surface area contributed by atoms with E-state index in [2.05, 4.69) is 24.7 Å². The van der Waals surface area contributed by atoms with Crippen LogP contribution in [0.3, 0.4) is 0 Å². The van der Waals surface area contributed by atoms with E-state index in [0.29, 0.717) is 0 Å². The Morgan fingerprint density at radius 2 is 2.20 bits per heavy atom. The van der Waals surface area contributed by atoms with E-state index in [-0.39, 0.29) is 23.7 Å². The van der Waals surface area contributed by atoms with Gasteiger partial charge in [0.15, 0.2) is 17.4 Å². The van der Waals surface area contributed by atoms with Crippen molar-refractivity contribution in [3.8, 4) is 0 Å². The lowest BCUT2D eigenvalue weighted by atomic mass is 10.1. The molecule has 15 heteroatoms.